The number of nitrogens with one attached hydrogen (secondary N) is 1. The Hall–Kier alpha value is -1.55. The van der Waals surface area contributed by atoms with Gasteiger partial charge in [-0.05, 0) is 90.2 Å². The summed E-state index contributed by atoms with van der Waals surface area (Å²) < 4.78 is 2.49. The Balaban J connectivity index is 1.84. The zero-order valence-corrected chi connectivity index (χ0v) is 23.1. The fraction of sp³-hybridized carbons (Fsp3) is 0.600. The van der Waals surface area contributed by atoms with Crippen LogP contribution in [-0.2, 0) is 0 Å². The van der Waals surface area contributed by atoms with Crippen LogP contribution in [0.15, 0.2) is 24.3 Å². The number of nitrogens with zero attached hydrogens (tertiary/aromatic N) is 1. The number of benzene rings is 2. The molecule has 0 spiro atoms. The van der Waals surface area contributed by atoms with E-state index in [2.05, 4.69) is 75.8 Å². The van der Waals surface area contributed by atoms with Crippen LogP contribution in [0.5, 0.6) is 0 Å². The van der Waals surface area contributed by atoms with Crippen molar-refractivity contribution in [2.24, 2.45) is 0 Å². The summed E-state index contributed by atoms with van der Waals surface area (Å²) in [6.07, 6.45) is 12.6. The molecule has 2 aliphatic rings. The van der Waals surface area contributed by atoms with Crippen molar-refractivity contribution in [1.82, 2.24) is 9.95 Å². The minimum absolute atomic E-state index is 0.0110. The summed E-state index contributed by atoms with van der Waals surface area (Å²) in [6, 6.07) is 10.00. The van der Waals surface area contributed by atoms with Crippen molar-refractivity contribution in [3.63, 3.8) is 0 Å². The molecule has 4 rings (SSSR count). The van der Waals surface area contributed by atoms with Crippen molar-refractivity contribution in [2.75, 3.05) is 0 Å². The van der Waals surface area contributed by atoms with E-state index in [9.17, 15) is 5.02 Å². The molecule has 0 amide bonds. The van der Waals surface area contributed by atoms with Crippen molar-refractivity contribution < 1.29 is 5.02 Å². The van der Waals surface area contributed by atoms with Crippen LogP contribution in [0.4, 0.5) is 0 Å². The number of hydrogen-bond acceptors (Lipinski definition) is 3. The van der Waals surface area contributed by atoms with Crippen LogP contribution in [0.2, 0.25) is 0 Å². The lowest BCUT2D eigenvalue weighted by Crippen LogP contribution is -2.71. The Morgan fingerprint density at radius 3 is 1.57 bits per heavy atom. The summed E-state index contributed by atoms with van der Waals surface area (Å²) in [5, 5.41) is 16.4. The van der Waals surface area contributed by atoms with Crippen LogP contribution in [0.25, 0.3) is 0 Å². The molecule has 0 radical (unpaired) electrons. The number of rotatable bonds is 7. The molecule has 2 aromatic rings. The van der Waals surface area contributed by atoms with Gasteiger partial charge in [0.05, 0.1) is 0 Å². The van der Waals surface area contributed by atoms with E-state index in [0.717, 1.165) is 18.3 Å². The molecule has 5 heteroatoms. The second kappa shape index (κ2) is 11.7. The zero-order chi connectivity index (χ0) is 25.1. The molecular formula is C30H46B2N2O. The highest BCUT2D eigenvalue weighted by Crippen LogP contribution is 2.26. The number of aryl methyl sites for hydroxylation is 6. The van der Waals surface area contributed by atoms with E-state index in [-0.39, 0.29) is 6.98 Å². The van der Waals surface area contributed by atoms with E-state index in [0.29, 0.717) is 12.1 Å². The summed E-state index contributed by atoms with van der Waals surface area (Å²) in [5.74, 6) is 0. The molecule has 0 aliphatic heterocycles. The van der Waals surface area contributed by atoms with Gasteiger partial charge in [-0.2, -0.15) is 0 Å². The molecular weight excluding hydrogens is 426 g/mol. The van der Waals surface area contributed by atoms with Gasteiger partial charge in [0.15, 0.2) is 0 Å². The predicted octanol–water partition coefficient (Wildman–Crippen LogP) is 5.18. The first kappa shape index (κ1) is 26.5. The fourth-order valence-corrected chi connectivity index (χ4v) is 7.11. The van der Waals surface area contributed by atoms with E-state index in [4.69, 9.17) is 0 Å². The Morgan fingerprint density at radius 1 is 0.657 bits per heavy atom. The van der Waals surface area contributed by atoms with Gasteiger partial charge in [0.1, 0.15) is 0 Å². The van der Waals surface area contributed by atoms with Crippen LogP contribution < -0.4 is 16.2 Å². The molecule has 35 heavy (non-hydrogen) atoms. The molecule has 2 fully saturated rings. The van der Waals surface area contributed by atoms with Gasteiger partial charge in [-0.3, -0.25) is 0 Å². The van der Waals surface area contributed by atoms with Gasteiger partial charge in [0.2, 0.25) is 0 Å². The Bertz CT molecular complexity index is 965. The van der Waals surface area contributed by atoms with E-state index in [1.54, 1.807) is 0 Å². The third-order valence-electron chi connectivity index (χ3n) is 8.58. The normalized spacial score (nSPS) is 17.7. The van der Waals surface area contributed by atoms with Crippen molar-refractivity contribution in [3.05, 3.63) is 57.6 Å². The third-order valence-corrected chi connectivity index (χ3v) is 8.58. The second-order valence-corrected chi connectivity index (χ2v) is 11.6. The zero-order valence-electron chi connectivity index (χ0n) is 23.1. The maximum absolute atomic E-state index is 12.3. The van der Waals surface area contributed by atoms with E-state index in [1.807, 2.05) is 0 Å². The van der Waals surface area contributed by atoms with Crippen LogP contribution >= 0.6 is 0 Å². The van der Waals surface area contributed by atoms with Crippen LogP contribution in [0.3, 0.4) is 0 Å². The van der Waals surface area contributed by atoms with Crippen LogP contribution in [0, 0.1) is 41.5 Å². The Morgan fingerprint density at radius 2 is 1.09 bits per heavy atom. The molecule has 0 heterocycles. The quantitative estimate of drug-likeness (QED) is 0.546. The lowest BCUT2D eigenvalue weighted by Gasteiger charge is -2.43. The number of hydrogen-bond donors (Lipinski definition) is 2. The van der Waals surface area contributed by atoms with Gasteiger partial charge < -0.3 is 15.0 Å². The molecule has 3 nitrogen and oxygen atoms in total. The van der Waals surface area contributed by atoms with E-state index in [1.165, 1.54) is 90.2 Å². The van der Waals surface area contributed by atoms with Gasteiger partial charge in [0.25, 0.3) is 0 Å². The SMILES string of the molecule is Cc1cc(C)c(B(O)N(B(NC2CCCCC2)c2c(C)cc(C)cc2C)C2CCCCC2)c(C)c1. The standard InChI is InChI=1S/C30H46B2N2O/c1-21-17-23(3)29(24(4)18-21)31(33-27-13-9-7-10-14-27)34(28-15-11-8-12-16-28)32(35)30-25(5)19-22(2)20-26(30)6/h17-20,27-28,33,35H,7-16H2,1-6H3. The molecule has 0 unspecified atom stereocenters. The average molecular weight is 472 g/mol. The first-order chi connectivity index (χ1) is 16.8. The highest BCUT2D eigenvalue weighted by atomic mass is 16.2. The Labute approximate surface area is 215 Å². The second-order valence-electron chi connectivity index (χ2n) is 11.6. The van der Waals surface area contributed by atoms with E-state index >= 15 is 0 Å². The molecule has 0 saturated heterocycles. The van der Waals surface area contributed by atoms with Gasteiger partial charge in [-0.15, -0.1) is 0 Å². The highest BCUT2D eigenvalue weighted by molar-refractivity contribution is 6.82. The smallest absolute Gasteiger partial charge is 0.406 e. The van der Waals surface area contributed by atoms with Gasteiger partial charge >= 0.3 is 14.0 Å². The minimum Gasteiger partial charge on any atom is -0.434 e. The monoisotopic (exact) mass is 472 g/mol. The van der Waals surface area contributed by atoms with Gasteiger partial charge in [-0.1, -0.05) is 96.2 Å². The molecule has 0 bridgehead atoms. The largest absolute Gasteiger partial charge is 0.434 e. The molecule has 2 N–H and O–H groups in total. The Kier molecular flexibility index (Phi) is 8.84. The van der Waals surface area contributed by atoms with Gasteiger partial charge in [-0.25, -0.2) is 0 Å². The van der Waals surface area contributed by atoms with Crippen molar-refractivity contribution in [3.8, 4) is 0 Å². The maximum atomic E-state index is 12.3. The van der Waals surface area contributed by atoms with Crippen molar-refractivity contribution in [1.29, 1.82) is 0 Å². The molecule has 2 aliphatic carbocycles. The summed E-state index contributed by atoms with van der Waals surface area (Å²) in [6.45, 7) is 13.2. The topological polar surface area (TPSA) is 35.5 Å². The van der Waals surface area contributed by atoms with Crippen molar-refractivity contribution in [2.45, 2.75) is 118 Å². The molecule has 0 aromatic heterocycles. The minimum atomic E-state index is -0.625. The van der Waals surface area contributed by atoms with Crippen LogP contribution in [-0.4, -0.2) is 35.9 Å². The van der Waals surface area contributed by atoms with E-state index < -0.39 is 7.05 Å². The van der Waals surface area contributed by atoms with Gasteiger partial charge in [0, 0.05) is 0 Å². The third kappa shape index (κ3) is 6.06. The maximum Gasteiger partial charge on any atom is 0.406 e. The molecule has 188 valence electrons. The van der Waals surface area contributed by atoms with Crippen LogP contribution in [0.1, 0.15) is 97.6 Å². The van der Waals surface area contributed by atoms with Crippen molar-refractivity contribution >= 4 is 25.0 Å². The first-order valence-electron chi connectivity index (χ1n) is 14.1. The lowest BCUT2D eigenvalue weighted by atomic mass is 9.50. The summed E-state index contributed by atoms with van der Waals surface area (Å²) in [7, 11) is -0.625. The first-order valence-corrected chi connectivity index (χ1v) is 14.1. The highest BCUT2D eigenvalue weighted by Gasteiger charge is 2.43. The fourth-order valence-electron chi connectivity index (χ4n) is 7.11. The predicted molar refractivity (Wildman–Crippen MR) is 153 cm³/mol. The average Bonchev–Trinajstić information content (AvgIpc) is 2.79. The molecule has 2 saturated carbocycles. The summed E-state index contributed by atoms with van der Waals surface area (Å²) >= 11 is 0. The molecule has 0 atom stereocenters. The lowest BCUT2D eigenvalue weighted by molar-refractivity contribution is 0.305. The molecule has 2 aromatic carbocycles. The summed E-state index contributed by atoms with van der Waals surface area (Å²) in [5.41, 5.74) is 10.1. The summed E-state index contributed by atoms with van der Waals surface area (Å²) in [4.78, 5) is 0.